The molecule has 1 heterocycles. The first kappa shape index (κ1) is 12.8. The minimum absolute atomic E-state index is 0.491. The molecule has 1 aliphatic heterocycles. The lowest BCUT2D eigenvalue weighted by molar-refractivity contribution is 0.416. The Labute approximate surface area is 118 Å². The second-order valence-corrected chi connectivity index (χ2v) is 4.77. The zero-order valence-electron chi connectivity index (χ0n) is 11.6. The molecule has 0 aromatic heterocycles. The molecule has 4 heteroatoms. The summed E-state index contributed by atoms with van der Waals surface area (Å²) in [5, 5.41) is 6.84. The van der Waals surface area contributed by atoms with Gasteiger partial charge in [0.15, 0.2) is 0 Å². The van der Waals surface area contributed by atoms with E-state index in [0.717, 1.165) is 46.9 Å². The number of benzene rings is 2. The van der Waals surface area contributed by atoms with Gasteiger partial charge in [0.1, 0.15) is 5.75 Å². The smallest absolute Gasteiger partial charge is 0.126 e. The predicted octanol–water partition coefficient (Wildman–Crippen LogP) is 2.66. The maximum atomic E-state index is 5.99. The highest BCUT2D eigenvalue weighted by Crippen LogP contribution is 2.39. The van der Waals surface area contributed by atoms with E-state index >= 15 is 0 Å². The van der Waals surface area contributed by atoms with Crippen LogP contribution >= 0.6 is 0 Å². The van der Waals surface area contributed by atoms with Crippen LogP contribution in [0.1, 0.15) is 5.56 Å². The Balaban J connectivity index is 2.18. The van der Waals surface area contributed by atoms with Crippen LogP contribution in [0.25, 0.3) is 11.1 Å². The van der Waals surface area contributed by atoms with Crippen LogP contribution in [0.4, 0.5) is 11.4 Å². The number of ether oxygens (including phenoxy) is 1. The van der Waals surface area contributed by atoms with Crippen molar-refractivity contribution >= 4 is 11.4 Å². The van der Waals surface area contributed by atoms with E-state index in [1.807, 2.05) is 18.2 Å². The molecule has 0 amide bonds. The molecule has 0 radical (unpaired) electrons. The number of fused-ring (bicyclic) bond motifs is 1. The minimum atomic E-state index is 0.491. The first-order valence-electron chi connectivity index (χ1n) is 6.82. The van der Waals surface area contributed by atoms with Gasteiger partial charge in [-0.3, -0.25) is 0 Å². The third kappa shape index (κ3) is 2.08. The fourth-order valence-corrected chi connectivity index (χ4v) is 2.71. The van der Waals surface area contributed by atoms with Gasteiger partial charge >= 0.3 is 0 Å². The van der Waals surface area contributed by atoms with Crippen molar-refractivity contribution in [2.24, 2.45) is 5.73 Å². The lowest BCUT2D eigenvalue weighted by Gasteiger charge is -2.25. The third-order valence-electron chi connectivity index (χ3n) is 3.66. The molecule has 104 valence electrons. The van der Waals surface area contributed by atoms with Crippen LogP contribution in [0.5, 0.6) is 5.75 Å². The van der Waals surface area contributed by atoms with Crippen molar-refractivity contribution in [1.29, 1.82) is 0 Å². The van der Waals surface area contributed by atoms with Gasteiger partial charge in [0.25, 0.3) is 0 Å². The number of rotatable bonds is 3. The molecular formula is C16H19N3O. The summed E-state index contributed by atoms with van der Waals surface area (Å²) in [6.07, 6.45) is 0. The molecule has 4 nitrogen and oxygen atoms in total. The molecule has 0 fully saturated rings. The van der Waals surface area contributed by atoms with E-state index in [1.165, 1.54) is 0 Å². The topological polar surface area (TPSA) is 59.3 Å². The summed E-state index contributed by atoms with van der Waals surface area (Å²) in [5.74, 6) is 0.867. The molecule has 2 aromatic carbocycles. The molecular weight excluding hydrogens is 250 g/mol. The van der Waals surface area contributed by atoms with Gasteiger partial charge in [0.05, 0.1) is 18.5 Å². The monoisotopic (exact) mass is 269 g/mol. The molecule has 0 unspecified atom stereocenters. The Kier molecular flexibility index (Phi) is 3.48. The van der Waals surface area contributed by atoms with Gasteiger partial charge in [0.2, 0.25) is 0 Å². The average molecular weight is 269 g/mol. The van der Waals surface area contributed by atoms with Crippen molar-refractivity contribution in [1.82, 2.24) is 0 Å². The predicted molar refractivity (Wildman–Crippen MR) is 83.3 cm³/mol. The Bertz CT molecular complexity index is 625. The van der Waals surface area contributed by atoms with Crippen LogP contribution in [0, 0.1) is 0 Å². The van der Waals surface area contributed by atoms with E-state index in [0.29, 0.717) is 6.54 Å². The SMILES string of the molecule is COc1ccccc1-c1ccc2c(c1CN)NCCN2. The van der Waals surface area contributed by atoms with Crippen molar-refractivity contribution in [3.63, 3.8) is 0 Å². The first-order chi connectivity index (χ1) is 9.85. The van der Waals surface area contributed by atoms with Crippen LogP contribution in [0.3, 0.4) is 0 Å². The number of nitrogens with one attached hydrogen (secondary N) is 2. The number of hydrogen-bond donors (Lipinski definition) is 3. The Morgan fingerprint density at radius 3 is 2.65 bits per heavy atom. The van der Waals surface area contributed by atoms with Gasteiger partial charge in [-0.05, 0) is 23.3 Å². The summed E-state index contributed by atoms with van der Waals surface area (Å²) in [6.45, 7) is 2.34. The van der Waals surface area contributed by atoms with Gasteiger partial charge < -0.3 is 21.1 Å². The summed E-state index contributed by atoms with van der Waals surface area (Å²) in [6, 6.07) is 12.2. The van der Waals surface area contributed by atoms with Crippen LogP contribution in [0.2, 0.25) is 0 Å². The number of para-hydroxylation sites is 1. The summed E-state index contributed by atoms with van der Waals surface area (Å²) in [5.41, 5.74) is 11.6. The van der Waals surface area contributed by atoms with Crippen molar-refractivity contribution in [3.8, 4) is 16.9 Å². The van der Waals surface area contributed by atoms with Gasteiger partial charge in [-0.25, -0.2) is 0 Å². The Hall–Kier alpha value is -2.20. The van der Waals surface area contributed by atoms with E-state index in [9.17, 15) is 0 Å². The fourth-order valence-electron chi connectivity index (χ4n) is 2.71. The highest BCUT2D eigenvalue weighted by Gasteiger charge is 2.17. The minimum Gasteiger partial charge on any atom is -0.496 e. The largest absolute Gasteiger partial charge is 0.496 e. The molecule has 0 atom stereocenters. The Morgan fingerprint density at radius 1 is 1.05 bits per heavy atom. The third-order valence-corrected chi connectivity index (χ3v) is 3.66. The fraction of sp³-hybridized carbons (Fsp3) is 0.250. The highest BCUT2D eigenvalue weighted by atomic mass is 16.5. The van der Waals surface area contributed by atoms with Crippen molar-refractivity contribution < 1.29 is 4.74 Å². The quantitative estimate of drug-likeness (QED) is 0.801. The van der Waals surface area contributed by atoms with Crippen molar-refractivity contribution in [2.75, 3.05) is 30.8 Å². The normalized spacial score (nSPS) is 13.1. The van der Waals surface area contributed by atoms with Crippen LogP contribution in [-0.4, -0.2) is 20.2 Å². The molecule has 2 aromatic rings. The van der Waals surface area contributed by atoms with Crippen LogP contribution in [-0.2, 0) is 6.54 Å². The summed E-state index contributed by atoms with van der Waals surface area (Å²) in [7, 11) is 1.69. The van der Waals surface area contributed by atoms with E-state index in [-0.39, 0.29) is 0 Å². The molecule has 0 aliphatic carbocycles. The highest BCUT2D eigenvalue weighted by molar-refractivity contribution is 5.85. The zero-order valence-corrected chi connectivity index (χ0v) is 11.6. The van der Waals surface area contributed by atoms with E-state index in [4.69, 9.17) is 10.5 Å². The number of nitrogens with two attached hydrogens (primary N) is 1. The van der Waals surface area contributed by atoms with Crippen LogP contribution < -0.4 is 21.1 Å². The number of anilines is 2. The zero-order chi connectivity index (χ0) is 13.9. The average Bonchev–Trinajstić information content (AvgIpc) is 2.53. The van der Waals surface area contributed by atoms with Gasteiger partial charge in [-0.1, -0.05) is 24.3 Å². The molecule has 0 bridgehead atoms. The maximum absolute atomic E-state index is 5.99. The lowest BCUT2D eigenvalue weighted by Crippen LogP contribution is -2.22. The molecule has 20 heavy (non-hydrogen) atoms. The molecule has 0 saturated carbocycles. The van der Waals surface area contributed by atoms with Gasteiger partial charge in [-0.2, -0.15) is 0 Å². The van der Waals surface area contributed by atoms with E-state index < -0.39 is 0 Å². The number of methoxy groups -OCH3 is 1. The molecule has 0 saturated heterocycles. The molecule has 0 spiro atoms. The van der Waals surface area contributed by atoms with Gasteiger partial charge in [0, 0.05) is 25.2 Å². The van der Waals surface area contributed by atoms with Crippen molar-refractivity contribution in [3.05, 3.63) is 42.0 Å². The van der Waals surface area contributed by atoms with E-state index in [2.05, 4.69) is 28.8 Å². The van der Waals surface area contributed by atoms with E-state index in [1.54, 1.807) is 7.11 Å². The number of hydrogen-bond acceptors (Lipinski definition) is 4. The Morgan fingerprint density at radius 2 is 1.85 bits per heavy atom. The second-order valence-electron chi connectivity index (χ2n) is 4.77. The molecule has 1 aliphatic rings. The molecule has 3 rings (SSSR count). The van der Waals surface area contributed by atoms with Crippen LogP contribution in [0.15, 0.2) is 36.4 Å². The summed E-state index contributed by atoms with van der Waals surface area (Å²) >= 11 is 0. The second kappa shape index (κ2) is 5.43. The first-order valence-corrected chi connectivity index (χ1v) is 6.82. The van der Waals surface area contributed by atoms with Crippen molar-refractivity contribution in [2.45, 2.75) is 6.54 Å². The summed E-state index contributed by atoms with van der Waals surface area (Å²) in [4.78, 5) is 0. The maximum Gasteiger partial charge on any atom is 0.126 e. The van der Waals surface area contributed by atoms with Gasteiger partial charge in [-0.15, -0.1) is 0 Å². The summed E-state index contributed by atoms with van der Waals surface area (Å²) < 4.78 is 5.47. The standard InChI is InChI=1S/C16H19N3O/c1-20-15-5-3-2-4-12(15)11-6-7-14-16(13(11)10-17)19-9-8-18-14/h2-7,18-19H,8-10,17H2,1H3. The lowest BCUT2D eigenvalue weighted by atomic mass is 9.95. The molecule has 4 N–H and O–H groups in total.